The Balaban J connectivity index is 1.90. The molecule has 2 amide bonds. The lowest BCUT2D eigenvalue weighted by molar-refractivity contribution is -0.125. The fourth-order valence-corrected chi connectivity index (χ4v) is 3.26. The summed E-state index contributed by atoms with van der Waals surface area (Å²) >= 11 is 0. The van der Waals surface area contributed by atoms with Gasteiger partial charge in [-0.1, -0.05) is 20.4 Å². The minimum absolute atomic E-state index is 0.0131. The van der Waals surface area contributed by atoms with Gasteiger partial charge in [-0.15, -0.1) is 0 Å². The van der Waals surface area contributed by atoms with Crippen LogP contribution in [0.15, 0.2) is 25.0 Å². The number of nitrogens with two attached hydrogens (primary N) is 1. The minimum atomic E-state index is -0.727. The average molecular weight is 429 g/mol. The number of ether oxygens (including phenoxy) is 1. The molecular formula is C20H27N7O4. The first-order valence-electron chi connectivity index (χ1n) is 10.0. The summed E-state index contributed by atoms with van der Waals surface area (Å²) in [6.45, 7) is 8.60. The summed E-state index contributed by atoms with van der Waals surface area (Å²) in [6.07, 6.45) is 4.87. The Morgan fingerprint density at radius 3 is 2.87 bits per heavy atom. The zero-order valence-corrected chi connectivity index (χ0v) is 17.6. The minimum Gasteiger partial charge on any atom is -0.471 e. The molecule has 2 aromatic rings. The summed E-state index contributed by atoms with van der Waals surface area (Å²) < 4.78 is 7.65. The Bertz CT molecular complexity index is 972. The SMILES string of the molecule is C=CC(=O)N1CC[C@@H](Oc2nc(Nc3cnn(CCO)c3)c(C(N)=O)nc2C(C)C)C1. The molecule has 3 rings (SSSR count). The zero-order valence-electron chi connectivity index (χ0n) is 17.6. The largest absolute Gasteiger partial charge is 0.471 e. The number of hydrogen-bond donors (Lipinski definition) is 3. The van der Waals surface area contributed by atoms with E-state index in [0.29, 0.717) is 37.4 Å². The Hall–Kier alpha value is -3.47. The van der Waals surface area contributed by atoms with Crippen LogP contribution in [0.2, 0.25) is 0 Å². The molecule has 1 atom stereocenters. The van der Waals surface area contributed by atoms with Crippen LogP contribution in [0.5, 0.6) is 5.88 Å². The Labute approximate surface area is 179 Å². The van der Waals surface area contributed by atoms with Gasteiger partial charge in [0.25, 0.3) is 5.91 Å². The summed E-state index contributed by atoms with van der Waals surface area (Å²) in [5.41, 5.74) is 6.58. The van der Waals surface area contributed by atoms with E-state index in [-0.39, 0.29) is 41.9 Å². The third-order valence-corrected chi connectivity index (χ3v) is 4.80. The molecule has 0 radical (unpaired) electrons. The van der Waals surface area contributed by atoms with Crippen LogP contribution in [0.3, 0.4) is 0 Å². The van der Waals surface area contributed by atoms with Gasteiger partial charge in [0.05, 0.1) is 31.6 Å². The van der Waals surface area contributed by atoms with E-state index in [1.807, 2.05) is 13.8 Å². The molecule has 1 fully saturated rings. The number of nitrogens with one attached hydrogen (secondary N) is 1. The van der Waals surface area contributed by atoms with Gasteiger partial charge in [-0.05, 0) is 6.08 Å². The molecule has 2 aromatic heterocycles. The molecule has 0 aliphatic carbocycles. The number of likely N-dealkylation sites (tertiary alicyclic amines) is 1. The van der Waals surface area contributed by atoms with E-state index < -0.39 is 5.91 Å². The van der Waals surface area contributed by atoms with E-state index in [4.69, 9.17) is 15.6 Å². The number of carbonyl (C=O) groups is 2. The smallest absolute Gasteiger partial charge is 0.271 e. The maximum Gasteiger partial charge on any atom is 0.271 e. The third kappa shape index (κ3) is 5.18. The Morgan fingerprint density at radius 2 is 2.23 bits per heavy atom. The second kappa shape index (κ2) is 9.56. The van der Waals surface area contributed by atoms with Gasteiger partial charge in [0.1, 0.15) is 11.8 Å². The van der Waals surface area contributed by atoms with E-state index in [0.717, 1.165) is 0 Å². The summed E-state index contributed by atoms with van der Waals surface area (Å²) in [5, 5.41) is 16.2. The standard InChI is InChI=1S/C20H27N7O4/c1-4-15(29)26-6-5-14(11-26)31-20-16(12(2)3)24-17(18(21)30)19(25-20)23-13-9-22-27(10-13)7-8-28/h4,9-10,12,14,28H,1,5-8,11H2,2-3H3,(H2,21,30)(H,23,25)/t14-/m1/s1. The zero-order chi connectivity index (χ0) is 22.5. The van der Waals surface area contributed by atoms with Gasteiger partial charge in [0.15, 0.2) is 11.5 Å². The number of anilines is 2. The van der Waals surface area contributed by atoms with Gasteiger partial charge >= 0.3 is 0 Å². The first kappa shape index (κ1) is 22.2. The molecule has 11 nitrogen and oxygen atoms in total. The van der Waals surface area contributed by atoms with Crippen molar-refractivity contribution in [3.63, 3.8) is 0 Å². The lowest BCUT2D eigenvalue weighted by Crippen LogP contribution is -2.30. The van der Waals surface area contributed by atoms with Crippen molar-refractivity contribution in [1.82, 2.24) is 24.6 Å². The van der Waals surface area contributed by atoms with Crippen LogP contribution in [0.4, 0.5) is 11.5 Å². The fourth-order valence-electron chi connectivity index (χ4n) is 3.26. The first-order chi connectivity index (χ1) is 14.8. The molecule has 1 aliphatic heterocycles. The molecule has 0 aromatic carbocycles. The Morgan fingerprint density at radius 1 is 1.45 bits per heavy atom. The van der Waals surface area contributed by atoms with Gasteiger partial charge in [-0.25, -0.2) is 4.98 Å². The highest BCUT2D eigenvalue weighted by molar-refractivity contribution is 5.96. The van der Waals surface area contributed by atoms with Gasteiger partial charge in [0.2, 0.25) is 11.8 Å². The molecule has 0 saturated carbocycles. The monoisotopic (exact) mass is 429 g/mol. The molecule has 1 aliphatic rings. The molecule has 0 bridgehead atoms. The van der Waals surface area contributed by atoms with Crippen LogP contribution in [0, 0.1) is 0 Å². The normalized spacial score (nSPS) is 15.9. The highest BCUT2D eigenvalue weighted by atomic mass is 16.5. The number of amides is 2. The summed E-state index contributed by atoms with van der Waals surface area (Å²) in [4.78, 5) is 34.5. The topological polar surface area (TPSA) is 148 Å². The second-order valence-electron chi connectivity index (χ2n) is 7.49. The molecule has 11 heteroatoms. The second-order valence-corrected chi connectivity index (χ2v) is 7.49. The number of aromatic nitrogens is 4. The molecule has 0 spiro atoms. The number of rotatable bonds is 9. The predicted molar refractivity (Wildman–Crippen MR) is 113 cm³/mol. The lowest BCUT2D eigenvalue weighted by Gasteiger charge is -2.19. The van der Waals surface area contributed by atoms with Crippen molar-refractivity contribution in [2.75, 3.05) is 25.0 Å². The van der Waals surface area contributed by atoms with Gasteiger partial charge in [-0.2, -0.15) is 10.1 Å². The summed E-state index contributed by atoms with van der Waals surface area (Å²) in [6, 6.07) is 0. The van der Waals surface area contributed by atoms with E-state index in [2.05, 4.69) is 27.0 Å². The highest BCUT2D eigenvalue weighted by Crippen LogP contribution is 2.29. The molecule has 3 heterocycles. The molecule has 166 valence electrons. The number of primary amides is 1. The number of hydrogen-bond acceptors (Lipinski definition) is 8. The molecule has 0 unspecified atom stereocenters. The predicted octanol–water partition coefficient (Wildman–Crippen LogP) is 0.797. The maximum absolute atomic E-state index is 12.0. The van der Waals surface area contributed by atoms with Crippen LogP contribution >= 0.6 is 0 Å². The van der Waals surface area contributed by atoms with Crippen molar-refractivity contribution in [3.8, 4) is 5.88 Å². The quantitative estimate of drug-likeness (QED) is 0.496. The first-order valence-corrected chi connectivity index (χ1v) is 10.0. The molecule has 1 saturated heterocycles. The van der Waals surface area contributed by atoms with E-state index >= 15 is 0 Å². The highest BCUT2D eigenvalue weighted by Gasteiger charge is 2.29. The lowest BCUT2D eigenvalue weighted by atomic mass is 10.1. The maximum atomic E-state index is 12.0. The molecule has 31 heavy (non-hydrogen) atoms. The summed E-state index contributed by atoms with van der Waals surface area (Å²) in [7, 11) is 0. The van der Waals surface area contributed by atoms with E-state index in [1.165, 1.54) is 12.3 Å². The van der Waals surface area contributed by atoms with Crippen LogP contribution in [0.1, 0.15) is 42.4 Å². The van der Waals surface area contributed by atoms with Gasteiger partial charge < -0.3 is 25.8 Å². The van der Waals surface area contributed by atoms with E-state index in [1.54, 1.807) is 15.8 Å². The van der Waals surface area contributed by atoms with Crippen LogP contribution in [-0.4, -0.2) is 67.4 Å². The number of nitrogens with zero attached hydrogens (tertiary/aromatic N) is 5. The number of aliphatic hydroxyl groups excluding tert-OH is 1. The van der Waals surface area contributed by atoms with Crippen LogP contribution in [0.25, 0.3) is 0 Å². The molecular weight excluding hydrogens is 402 g/mol. The van der Waals surface area contributed by atoms with E-state index in [9.17, 15) is 9.59 Å². The van der Waals surface area contributed by atoms with Crippen molar-refractivity contribution in [2.24, 2.45) is 5.73 Å². The molecule has 4 N–H and O–H groups in total. The number of aliphatic hydroxyl groups is 1. The Kier molecular flexibility index (Phi) is 6.85. The third-order valence-electron chi connectivity index (χ3n) is 4.80. The van der Waals surface area contributed by atoms with Crippen molar-refractivity contribution < 1.29 is 19.4 Å². The van der Waals surface area contributed by atoms with Crippen molar-refractivity contribution in [2.45, 2.75) is 38.8 Å². The number of carbonyl (C=O) groups excluding carboxylic acids is 2. The fraction of sp³-hybridized carbons (Fsp3) is 0.450. The average Bonchev–Trinajstić information content (AvgIpc) is 3.37. The summed E-state index contributed by atoms with van der Waals surface area (Å²) in [5.74, 6) is -0.521. The van der Waals surface area contributed by atoms with Gasteiger partial charge in [0, 0.05) is 25.1 Å². The van der Waals surface area contributed by atoms with Crippen LogP contribution in [-0.2, 0) is 11.3 Å². The van der Waals surface area contributed by atoms with Crippen LogP contribution < -0.4 is 15.8 Å². The van der Waals surface area contributed by atoms with Crippen molar-refractivity contribution in [3.05, 3.63) is 36.4 Å². The van der Waals surface area contributed by atoms with Gasteiger partial charge in [-0.3, -0.25) is 14.3 Å². The van der Waals surface area contributed by atoms with Crippen molar-refractivity contribution in [1.29, 1.82) is 0 Å². The van der Waals surface area contributed by atoms with Crippen molar-refractivity contribution >= 4 is 23.3 Å².